The van der Waals surface area contributed by atoms with Gasteiger partial charge in [-0.3, -0.25) is 9.59 Å². The first-order valence-electron chi connectivity index (χ1n) is 10.3. The van der Waals surface area contributed by atoms with Crippen LogP contribution in [-0.4, -0.2) is 36.1 Å². The molecule has 2 aliphatic heterocycles. The summed E-state index contributed by atoms with van der Waals surface area (Å²) in [7, 11) is 1.59. The highest BCUT2D eigenvalue weighted by molar-refractivity contribution is 8.01. The average Bonchev–Trinajstić information content (AvgIpc) is 3.37. The van der Waals surface area contributed by atoms with E-state index in [2.05, 4.69) is 0 Å². The van der Waals surface area contributed by atoms with Crippen molar-refractivity contribution >= 4 is 40.9 Å². The highest BCUT2D eigenvalue weighted by Crippen LogP contribution is 2.54. The van der Waals surface area contributed by atoms with Crippen LogP contribution in [0, 0.1) is 0 Å². The maximum Gasteiger partial charge on any atom is 0.268 e. The number of carbonyl (C=O) groups excluding carboxylic acids is 2. The summed E-state index contributed by atoms with van der Waals surface area (Å²) in [5, 5.41) is 0.615. The number of hydrogen-bond donors (Lipinski definition) is 0. The number of hydrogen-bond acceptors (Lipinski definition) is 4. The number of thioether (sulfide) groups is 1. The molecule has 1 atom stereocenters. The monoisotopic (exact) mass is 464 g/mol. The molecular weight excluding hydrogens is 444 g/mol. The van der Waals surface area contributed by atoms with Crippen molar-refractivity contribution in [3.05, 3.63) is 94.5 Å². The molecule has 1 saturated heterocycles. The van der Waals surface area contributed by atoms with Gasteiger partial charge in [-0.2, -0.15) is 0 Å². The minimum atomic E-state index is -1.07. The molecule has 1 unspecified atom stereocenters. The molecule has 7 heteroatoms. The molecule has 3 aromatic rings. The molecule has 0 radical (unpaired) electrons. The maximum absolute atomic E-state index is 14.0. The Morgan fingerprint density at radius 1 is 1.06 bits per heavy atom. The van der Waals surface area contributed by atoms with Crippen LogP contribution in [0.4, 0.5) is 5.69 Å². The van der Waals surface area contributed by atoms with Gasteiger partial charge in [-0.05, 0) is 42.0 Å². The van der Waals surface area contributed by atoms with Crippen LogP contribution in [0.3, 0.4) is 0 Å². The number of para-hydroxylation sites is 1. The summed E-state index contributed by atoms with van der Waals surface area (Å²) in [4.78, 5) is 30.0. The van der Waals surface area contributed by atoms with Gasteiger partial charge in [0.25, 0.3) is 11.8 Å². The van der Waals surface area contributed by atoms with Gasteiger partial charge in [-0.1, -0.05) is 48.0 Å². The van der Waals surface area contributed by atoms with Gasteiger partial charge >= 0.3 is 0 Å². The number of carbonyl (C=O) groups is 2. The third-order valence-corrected chi connectivity index (χ3v) is 7.76. The van der Waals surface area contributed by atoms with E-state index in [1.165, 1.54) is 11.8 Å². The van der Waals surface area contributed by atoms with Crippen molar-refractivity contribution in [2.75, 3.05) is 24.3 Å². The molecule has 2 amide bonds. The van der Waals surface area contributed by atoms with Crippen LogP contribution in [0.2, 0.25) is 5.02 Å². The van der Waals surface area contributed by atoms with Crippen LogP contribution in [0.1, 0.15) is 21.5 Å². The second kappa shape index (κ2) is 8.19. The van der Waals surface area contributed by atoms with Crippen molar-refractivity contribution < 1.29 is 14.3 Å². The Bertz CT molecular complexity index is 1200. The van der Waals surface area contributed by atoms with Crippen LogP contribution in [0.15, 0.2) is 72.8 Å². The maximum atomic E-state index is 14.0. The molecule has 0 aliphatic carbocycles. The molecule has 1 spiro atoms. The quantitative estimate of drug-likeness (QED) is 0.549. The lowest BCUT2D eigenvalue weighted by Gasteiger charge is -2.33. The number of fused-ring (bicyclic) bond motifs is 2. The Balaban J connectivity index is 1.56. The molecular formula is C25H21ClN2O3S. The van der Waals surface area contributed by atoms with Crippen LogP contribution >= 0.6 is 23.4 Å². The van der Waals surface area contributed by atoms with Gasteiger partial charge in [0, 0.05) is 28.4 Å². The fourth-order valence-corrected chi connectivity index (χ4v) is 6.07. The zero-order valence-corrected chi connectivity index (χ0v) is 19.0. The zero-order valence-electron chi connectivity index (χ0n) is 17.5. The molecule has 1 fully saturated rings. The van der Waals surface area contributed by atoms with E-state index >= 15 is 0 Å². The van der Waals surface area contributed by atoms with Crippen molar-refractivity contribution in [3.8, 4) is 5.75 Å². The van der Waals surface area contributed by atoms with Crippen LogP contribution in [-0.2, 0) is 16.2 Å². The lowest BCUT2D eigenvalue weighted by atomic mass is 10.0. The highest BCUT2D eigenvalue weighted by Gasteiger charge is 2.59. The second-order valence-corrected chi connectivity index (χ2v) is 9.37. The SMILES string of the molecule is COc1ccc(C(=O)N2CCSC23C(=O)N(Cc2ccccc2Cl)c2ccccc23)cc1. The summed E-state index contributed by atoms with van der Waals surface area (Å²) >= 11 is 7.91. The van der Waals surface area contributed by atoms with Crippen molar-refractivity contribution in [3.63, 3.8) is 0 Å². The zero-order chi connectivity index (χ0) is 22.3. The Labute approximate surface area is 195 Å². The standard InChI is InChI=1S/C25H21ClN2O3S/c1-31-19-12-10-17(11-13-19)23(29)28-14-15-32-25(28)20-7-3-5-9-22(20)27(24(25)30)16-18-6-2-4-8-21(18)26/h2-13H,14-16H2,1H3. The van der Waals surface area contributed by atoms with Crippen LogP contribution in [0.25, 0.3) is 0 Å². The van der Waals surface area contributed by atoms with Gasteiger partial charge in [-0.15, -0.1) is 11.8 Å². The van der Waals surface area contributed by atoms with Gasteiger partial charge in [-0.25, -0.2) is 0 Å². The molecule has 3 aromatic carbocycles. The van der Waals surface area contributed by atoms with Gasteiger partial charge in [0.15, 0.2) is 4.87 Å². The molecule has 5 rings (SSSR count). The topological polar surface area (TPSA) is 49.9 Å². The second-order valence-electron chi connectivity index (χ2n) is 7.68. The third-order valence-electron chi connectivity index (χ3n) is 5.97. The van der Waals surface area contributed by atoms with Crippen molar-refractivity contribution in [2.24, 2.45) is 0 Å². The fourth-order valence-electron chi connectivity index (χ4n) is 4.41. The predicted molar refractivity (Wildman–Crippen MR) is 127 cm³/mol. The number of halogens is 1. The van der Waals surface area contributed by atoms with E-state index in [0.717, 1.165) is 16.8 Å². The molecule has 32 heavy (non-hydrogen) atoms. The molecule has 2 heterocycles. The Morgan fingerprint density at radius 3 is 2.53 bits per heavy atom. The molecule has 2 aliphatic rings. The number of amides is 2. The van der Waals surface area contributed by atoms with E-state index in [9.17, 15) is 9.59 Å². The first-order valence-corrected chi connectivity index (χ1v) is 11.7. The van der Waals surface area contributed by atoms with Crippen molar-refractivity contribution in [2.45, 2.75) is 11.4 Å². The molecule has 5 nitrogen and oxygen atoms in total. The van der Waals surface area contributed by atoms with Crippen molar-refractivity contribution in [1.29, 1.82) is 0 Å². The van der Waals surface area contributed by atoms with E-state index < -0.39 is 4.87 Å². The minimum absolute atomic E-state index is 0.108. The third kappa shape index (κ3) is 3.17. The Kier molecular flexibility index (Phi) is 5.35. The van der Waals surface area contributed by atoms with Crippen LogP contribution in [0.5, 0.6) is 5.75 Å². The fraction of sp³-hybridized carbons (Fsp3) is 0.200. The van der Waals surface area contributed by atoms with E-state index in [0.29, 0.717) is 35.2 Å². The molecule has 0 aromatic heterocycles. The molecule has 162 valence electrons. The smallest absolute Gasteiger partial charge is 0.268 e. The normalized spacial score (nSPS) is 19.5. The minimum Gasteiger partial charge on any atom is -0.497 e. The molecule has 0 bridgehead atoms. The number of rotatable bonds is 4. The van der Waals surface area contributed by atoms with E-state index in [1.54, 1.807) is 41.2 Å². The summed E-state index contributed by atoms with van der Waals surface area (Å²) in [5.74, 6) is 1.09. The number of anilines is 1. The van der Waals surface area contributed by atoms with E-state index in [-0.39, 0.29) is 11.8 Å². The number of nitrogens with zero attached hydrogens (tertiary/aromatic N) is 2. The highest BCUT2D eigenvalue weighted by atomic mass is 35.5. The summed E-state index contributed by atoms with van der Waals surface area (Å²) < 4.78 is 5.21. The number of ether oxygens (including phenoxy) is 1. The Hall–Kier alpha value is -2.96. The lowest BCUT2D eigenvalue weighted by Crippen LogP contribution is -2.50. The van der Waals surface area contributed by atoms with E-state index in [4.69, 9.17) is 16.3 Å². The average molecular weight is 465 g/mol. The van der Waals surface area contributed by atoms with Gasteiger partial charge < -0.3 is 14.5 Å². The summed E-state index contributed by atoms with van der Waals surface area (Å²) in [5.41, 5.74) is 3.06. The first kappa shape index (κ1) is 20.9. The first-order chi connectivity index (χ1) is 15.6. The van der Waals surface area contributed by atoms with Gasteiger partial charge in [0.1, 0.15) is 5.75 Å². The number of benzene rings is 3. The number of methoxy groups -OCH3 is 1. The molecule has 0 N–H and O–H groups in total. The summed E-state index contributed by atoms with van der Waals surface area (Å²) in [6.45, 7) is 0.845. The molecule has 0 saturated carbocycles. The van der Waals surface area contributed by atoms with Crippen LogP contribution < -0.4 is 9.64 Å². The summed E-state index contributed by atoms with van der Waals surface area (Å²) in [6, 6.07) is 22.3. The van der Waals surface area contributed by atoms with Crippen molar-refractivity contribution in [1.82, 2.24) is 4.90 Å². The van der Waals surface area contributed by atoms with Gasteiger partial charge in [0.05, 0.1) is 19.3 Å². The Morgan fingerprint density at radius 2 is 1.78 bits per heavy atom. The van der Waals surface area contributed by atoms with E-state index in [1.807, 2.05) is 48.5 Å². The van der Waals surface area contributed by atoms with Gasteiger partial charge in [0.2, 0.25) is 0 Å². The lowest BCUT2D eigenvalue weighted by molar-refractivity contribution is -0.123. The largest absolute Gasteiger partial charge is 0.497 e. The summed E-state index contributed by atoms with van der Waals surface area (Å²) in [6.07, 6.45) is 0. The predicted octanol–water partition coefficient (Wildman–Crippen LogP) is 4.94.